The predicted molar refractivity (Wildman–Crippen MR) is 80.1 cm³/mol. The molecule has 0 spiro atoms. The molecule has 0 radical (unpaired) electrons. The average Bonchev–Trinajstić information content (AvgIpc) is 2.53. The van der Waals surface area contributed by atoms with Gasteiger partial charge in [-0.1, -0.05) is 43.0 Å². The van der Waals surface area contributed by atoms with Crippen molar-refractivity contribution in [1.29, 1.82) is 0 Å². The van der Waals surface area contributed by atoms with Crippen LogP contribution in [0.2, 0.25) is 0 Å². The molecule has 1 aromatic rings. The molecule has 0 saturated carbocycles. The van der Waals surface area contributed by atoms with E-state index in [1.165, 1.54) is 5.56 Å². The van der Waals surface area contributed by atoms with Crippen molar-refractivity contribution in [3.8, 4) is 0 Å². The SMILES string of the molecule is C=Cc1ccccc1.O=C(O)/C=C/C(=O)O.O=C([O-])/C=C/C(=O)[O-].[Na+].[Na+]. The summed E-state index contributed by atoms with van der Waals surface area (Å²) in [5.41, 5.74) is 1.17. The molecular weight excluding hydrogens is 366 g/mol. The first-order valence-electron chi connectivity index (χ1n) is 6.10. The number of benzene rings is 1. The van der Waals surface area contributed by atoms with E-state index in [-0.39, 0.29) is 59.1 Å². The van der Waals surface area contributed by atoms with Gasteiger partial charge in [0, 0.05) is 12.2 Å². The van der Waals surface area contributed by atoms with Crippen LogP contribution in [0, 0.1) is 0 Å². The van der Waals surface area contributed by atoms with Crippen molar-refractivity contribution in [2.75, 3.05) is 0 Å². The molecule has 0 aliphatic carbocycles. The van der Waals surface area contributed by atoms with E-state index in [1.54, 1.807) is 0 Å². The van der Waals surface area contributed by atoms with Crippen molar-refractivity contribution >= 4 is 30.0 Å². The molecule has 1 aromatic carbocycles. The molecule has 0 amide bonds. The van der Waals surface area contributed by atoms with Crippen LogP contribution in [0.1, 0.15) is 5.56 Å². The predicted octanol–water partition coefficient (Wildman–Crippen LogP) is -6.91. The second-order valence-electron chi connectivity index (χ2n) is 3.60. The zero-order chi connectivity index (χ0) is 19.0. The summed E-state index contributed by atoms with van der Waals surface area (Å²) in [4.78, 5) is 37.9. The van der Waals surface area contributed by atoms with E-state index in [1.807, 2.05) is 36.4 Å². The Morgan fingerprint density at radius 2 is 1.12 bits per heavy atom. The minimum absolute atomic E-state index is 0. The number of carbonyl (C=O) groups excluding carboxylic acids is 2. The first-order valence-corrected chi connectivity index (χ1v) is 6.10. The van der Waals surface area contributed by atoms with Crippen molar-refractivity contribution in [3.63, 3.8) is 0 Å². The van der Waals surface area contributed by atoms with Gasteiger partial charge in [-0.15, -0.1) is 0 Å². The van der Waals surface area contributed by atoms with E-state index in [0.29, 0.717) is 24.3 Å². The van der Waals surface area contributed by atoms with Crippen LogP contribution < -0.4 is 69.3 Å². The Labute approximate surface area is 194 Å². The maximum Gasteiger partial charge on any atom is 1.00 e. The zero-order valence-electron chi connectivity index (χ0n) is 14.3. The zero-order valence-corrected chi connectivity index (χ0v) is 18.3. The normalized spacial score (nSPS) is 8.46. The van der Waals surface area contributed by atoms with Crippen LogP contribution in [0.15, 0.2) is 61.2 Å². The number of hydrogen-bond donors (Lipinski definition) is 2. The van der Waals surface area contributed by atoms with Gasteiger partial charge >= 0.3 is 71.1 Å². The molecular formula is C16H14Na2O8. The summed E-state index contributed by atoms with van der Waals surface area (Å²) in [5.74, 6) is -5.61. The summed E-state index contributed by atoms with van der Waals surface area (Å²) >= 11 is 0. The van der Waals surface area contributed by atoms with E-state index in [2.05, 4.69) is 6.58 Å². The number of carbonyl (C=O) groups is 4. The van der Waals surface area contributed by atoms with E-state index in [0.717, 1.165) is 0 Å². The van der Waals surface area contributed by atoms with Gasteiger partial charge in [0.25, 0.3) is 0 Å². The van der Waals surface area contributed by atoms with Crippen LogP contribution in [-0.4, -0.2) is 34.1 Å². The van der Waals surface area contributed by atoms with Gasteiger partial charge in [-0.25, -0.2) is 9.59 Å². The minimum Gasteiger partial charge on any atom is -0.545 e. The monoisotopic (exact) mass is 380 g/mol. The molecule has 1 rings (SSSR count). The van der Waals surface area contributed by atoms with Gasteiger partial charge in [0.15, 0.2) is 0 Å². The molecule has 0 bridgehead atoms. The van der Waals surface area contributed by atoms with Crippen molar-refractivity contribution in [3.05, 3.63) is 66.8 Å². The molecule has 0 fully saturated rings. The Morgan fingerprint density at radius 3 is 1.31 bits per heavy atom. The number of carboxylic acid groups (broad SMARTS) is 4. The molecule has 0 aliphatic heterocycles. The first kappa shape index (κ1) is 32.0. The summed E-state index contributed by atoms with van der Waals surface area (Å²) in [7, 11) is 0. The molecule has 0 aromatic heterocycles. The Morgan fingerprint density at radius 1 is 0.769 bits per heavy atom. The van der Waals surface area contributed by atoms with Crippen molar-refractivity contribution in [2.24, 2.45) is 0 Å². The van der Waals surface area contributed by atoms with Crippen LogP contribution in [0.5, 0.6) is 0 Å². The number of carboxylic acids is 4. The first-order chi connectivity index (χ1) is 11.2. The standard InChI is InChI=1S/C8H8.2C4H4O4.2Na/c1-2-8-6-4-3-5-7-8;2*5-3(6)1-2-4(7)8;;/h2-7H,1H2;2*1-2H,(H,5,6)(H,7,8);;/q;;;2*+1/p-2/b;2*2-1+;;. The fourth-order valence-corrected chi connectivity index (χ4v) is 0.868. The minimum atomic E-state index is -1.55. The molecule has 10 heteroatoms. The van der Waals surface area contributed by atoms with Gasteiger partial charge in [-0.3, -0.25) is 0 Å². The maximum atomic E-state index is 9.55. The molecule has 26 heavy (non-hydrogen) atoms. The van der Waals surface area contributed by atoms with Crippen LogP contribution in [0.3, 0.4) is 0 Å². The quantitative estimate of drug-likeness (QED) is 0.377. The smallest absolute Gasteiger partial charge is 0.545 e. The Hall–Kier alpha value is -1.68. The second-order valence-corrected chi connectivity index (χ2v) is 3.60. The molecule has 0 saturated heterocycles. The Balaban J connectivity index is -0.000000134. The van der Waals surface area contributed by atoms with Gasteiger partial charge in [0.05, 0.1) is 11.9 Å². The van der Waals surface area contributed by atoms with Gasteiger partial charge in [-0.05, 0) is 17.7 Å². The van der Waals surface area contributed by atoms with Crippen LogP contribution >= 0.6 is 0 Å². The van der Waals surface area contributed by atoms with Crippen LogP contribution in [-0.2, 0) is 19.2 Å². The fraction of sp³-hybridized carbons (Fsp3) is 0. The second kappa shape index (κ2) is 21.4. The summed E-state index contributed by atoms with van der Waals surface area (Å²) in [5, 5.41) is 34.5. The molecule has 2 N–H and O–H groups in total. The summed E-state index contributed by atoms with van der Waals surface area (Å²) < 4.78 is 0. The van der Waals surface area contributed by atoms with Gasteiger partial charge in [0.2, 0.25) is 0 Å². The van der Waals surface area contributed by atoms with Crippen LogP contribution in [0.25, 0.3) is 6.08 Å². The van der Waals surface area contributed by atoms with E-state index < -0.39 is 23.9 Å². The molecule has 0 atom stereocenters. The molecule has 0 heterocycles. The number of aliphatic carboxylic acids is 4. The molecule has 0 aliphatic rings. The third-order valence-electron chi connectivity index (χ3n) is 1.76. The van der Waals surface area contributed by atoms with E-state index >= 15 is 0 Å². The summed E-state index contributed by atoms with van der Waals surface area (Å²) in [6.45, 7) is 3.63. The third kappa shape index (κ3) is 30.2. The third-order valence-corrected chi connectivity index (χ3v) is 1.76. The summed E-state index contributed by atoms with van der Waals surface area (Å²) in [6.07, 6.45) is 3.72. The molecule has 8 nitrogen and oxygen atoms in total. The van der Waals surface area contributed by atoms with Crippen molar-refractivity contribution in [1.82, 2.24) is 0 Å². The average molecular weight is 380 g/mol. The van der Waals surface area contributed by atoms with Gasteiger partial charge in [0.1, 0.15) is 0 Å². The topological polar surface area (TPSA) is 155 Å². The number of rotatable bonds is 5. The maximum absolute atomic E-state index is 9.55. The van der Waals surface area contributed by atoms with E-state index in [9.17, 15) is 29.4 Å². The van der Waals surface area contributed by atoms with Gasteiger partial charge < -0.3 is 30.0 Å². The van der Waals surface area contributed by atoms with Gasteiger partial charge in [-0.2, -0.15) is 0 Å². The van der Waals surface area contributed by atoms with Crippen molar-refractivity contribution < 1.29 is 98.7 Å². The Bertz CT molecular complexity index is 558. The fourth-order valence-electron chi connectivity index (χ4n) is 0.868. The summed E-state index contributed by atoms with van der Waals surface area (Å²) in [6, 6.07) is 10.0. The number of hydrogen-bond acceptors (Lipinski definition) is 6. The Kier molecular flexibility index (Phi) is 26.3. The van der Waals surface area contributed by atoms with E-state index in [4.69, 9.17) is 10.2 Å². The molecule has 0 unspecified atom stereocenters. The van der Waals surface area contributed by atoms with Crippen LogP contribution in [0.4, 0.5) is 0 Å². The molecule has 128 valence electrons. The van der Waals surface area contributed by atoms with Crippen molar-refractivity contribution in [2.45, 2.75) is 0 Å². The largest absolute Gasteiger partial charge is 1.00 e.